The largest absolute Gasteiger partial charge is 0.289 e. The van der Waals surface area contributed by atoms with Gasteiger partial charge in [-0.2, -0.15) is 0 Å². The molecule has 0 amide bonds. The van der Waals surface area contributed by atoms with Gasteiger partial charge < -0.3 is 0 Å². The molecule has 0 aliphatic heterocycles. The van der Waals surface area contributed by atoms with Gasteiger partial charge in [-0.3, -0.25) is 9.78 Å². The van der Waals surface area contributed by atoms with Crippen LogP contribution in [0.3, 0.4) is 0 Å². The molecule has 0 saturated heterocycles. The molecule has 1 aliphatic rings. The summed E-state index contributed by atoms with van der Waals surface area (Å²) in [5, 5.41) is 1.01. The van der Waals surface area contributed by atoms with Crippen molar-refractivity contribution in [1.29, 1.82) is 0 Å². The monoisotopic (exact) mass is 263 g/mol. The highest BCUT2D eigenvalue weighted by Gasteiger charge is 2.30. The Kier molecular flexibility index (Phi) is 2.82. The Balaban J connectivity index is 2.27. The lowest BCUT2D eigenvalue weighted by Gasteiger charge is -2.28. The second-order valence-corrected chi connectivity index (χ2v) is 6.03. The zero-order chi connectivity index (χ0) is 14.3. The van der Waals surface area contributed by atoms with Gasteiger partial charge in [-0.05, 0) is 35.1 Å². The number of carbonyl (C=O) groups is 1. The van der Waals surface area contributed by atoms with Crippen LogP contribution in [0.2, 0.25) is 0 Å². The molecule has 100 valence electrons. The quantitative estimate of drug-likeness (QED) is 0.723. The van der Waals surface area contributed by atoms with Crippen LogP contribution in [0.5, 0.6) is 0 Å². The Morgan fingerprint density at radius 3 is 2.80 bits per heavy atom. The van der Waals surface area contributed by atoms with Crippen LogP contribution in [0.1, 0.15) is 25.8 Å². The summed E-state index contributed by atoms with van der Waals surface area (Å²) >= 11 is 0. The van der Waals surface area contributed by atoms with E-state index in [1.54, 1.807) is 6.20 Å². The van der Waals surface area contributed by atoms with Crippen LogP contribution in [0.15, 0.2) is 54.8 Å². The molecule has 0 radical (unpaired) electrons. The van der Waals surface area contributed by atoms with Crippen molar-refractivity contribution >= 4 is 22.3 Å². The van der Waals surface area contributed by atoms with Gasteiger partial charge in [-0.25, -0.2) is 0 Å². The second kappa shape index (κ2) is 4.41. The van der Waals surface area contributed by atoms with Gasteiger partial charge >= 0.3 is 0 Å². The summed E-state index contributed by atoms with van der Waals surface area (Å²) in [6.45, 7) is 8.21. The number of benzene rings is 1. The van der Waals surface area contributed by atoms with E-state index < -0.39 is 0 Å². The Hall–Kier alpha value is -2.22. The van der Waals surface area contributed by atoms with Crippen molar-refractivity contribution in [2.45, 2.75) is 20.3 Å². The fraction of sp³-hybridized carbons (Fsp3) is 0.222. The molecular formula is C18H17NO. The predicted octanol–water partition coefficient (Wildman–Crippen LogP) is 4.17. The molecule has 2 heteroatoms. The molecule has 0 saturated carbocycles. The number of aromatic nitrogens is 1. The summed E-state index contributed by atoms with van der Waals surface area (Å²) in [5.74, 6) is 0.0562. The third-order valence-corrected chi connectivity index (χ3v) is 3.71. The molecule has 1 aromatic carbocycles. The maximum atomic E-state index is 12.5. The molecule has 0 fully saturated rings. The maximum absolute atomic E-state index is 12.5. The van der Waals surface area contributed by atoms with Gasteiger partial charge in [0.25, 0.3) is 0 Å². The number of carbonyl (C=O) groups excluding carboxylic acids is 1. The van der Waals surface area contributed by atoms with E-state index in [1.807, 2.05) is 30.3 Å². The highest BCUT2D eigenvalue weighted by atomic mass is 16.1. The lowest BCUT2D eigenvalue weighted by Crippen LogP contribution is -2.21. The first-order valence-electron chi connectivity index (χ1n) is 6.77. The summed E-state index contributed by atoms with van der Waals surface area (Å²) < 4.78 is 0. The number of pyridine rings is 1. The molecule has 3 rings (SSSR count). The first-order valence-corrected chi connectivity index (χ1v) is 6.77. The molecule has 0 bridgehead atoms. The van der Waals surface area contributed by atoms with Gasteiger partial charge in [-0.1, -0.05) is 44.7 Å². The number of hydrogen-bond acceptors (Lipinski definition) is 2. The average molecular weight is 263 g/mol. The van der Waals surface area contributed by atoms with Gasteiger partial charge in [0, 0.05) is 17.2 Å². The van der Waals surface area contributed by atoms with Gasteiger partial charge in [0.1, 0.15) is 0 Å². The Bertz CT molecular complexity index is 748. The lowest BCUT2D eigenvalue weighted by molar-refractivity contribution is -0.111. The molecule has 1 heterocycles. The van der Waals surface area contributed by atoms with Crippen molar-refractivity contribution in [1.82, 2.24) is 4.98 Å². The van der Waals surface area contributed by atoms with Crippen molar-refractivity contribution in [3.63, 3.8) is 0 Å². The smallest absolute Gasteiger partial charge is 0.188 e. The molecule has 1 aliphatic carbocycles. The maximum Gasteiger partial charge on any atom is 0.188 e. The van der Waals surface area contributed by atoms with E-state index in [-0.39, 0.29) is 11.2 Å². The molecule has 2 aromatic rings. The van der Waals surface area contributed by atoms with E-state index in [4.69, 9.17) is 0 Å². The molecule has 1 aromatic heterocycles. The minimum absolute atomic E-state index is 0.0370. The number of nitrogens with zero attached hydrogens (tertiary/aromatic N) is 1. The Labute approximate surface area is 118 Å². The molecule has 0 atom stereocenters. The van der Waals surface area contributed by atoms with Gasteiger partial charge in [0.15, 0.2) is 5.78 Å². The van der Waals surface area contributed by atoms with E-state index in [9.17, 15) is 4.79 Å². The Morgan fingerprint density at radius 2 is 2.00 bits per heavy atom. The summed E-state index contributed by atoms with van der Waals surface area (Å²) in [7, 11) is 0. The van der Waals surface area contributed by atoms with E-state index in [2.05, 4.69) is 31.5 Å². The van der Waals surface area contributed by atoms with Crippen molar-refractivity contribution in [2.24, 2.45) is 5.41 Å². The lowest BCUT2D eigenvalue weighted by atomic mass is 9.75. The van der Waals surface area contributed by atoms with Gasteiger partial charge in [-0.15, -0.1) is 0 Å². The third-order valence-electron chi connectivity index (χ3n) is 3.71. The number of rotatable bonds is 1. The van der Waals surface area contributed by atoms with Crippen LogP contribution in [0.25, 0.3) is 16.5 Å². The van der Waals surface area contributed by atoms with E-state index in [1.165, 1.54) is 0 Å². The van der Waals surface area contributed by atoms with Crippen LogP contribution in [0, 0.1) is 5.41 Å². The Morgan fingerprint density at radius 1 is 1.20 bits per heavy atom. The fourth-order valence-corrected chi connectivity index (χ4v) is 2.87. The van der Waals surface area contributed by atoms with E-state index >= 15 is 0 Å². The normalized spacial score (nSPS) is 18.2. The topological polar surface area (TPSA) is 30.0 Å². The summed E-state index contributed by atoms with van der Waals surface area (Å²) in [4.78, 5) is 16.8. The highest BCUT2D eigenvalue weighted by molar-refractivity contribution is 6.31. The zero-order valence-electron chi connectivity index (χ0n) is 11.8. The molecule has 20 heavy (non-hydrogen) atoms. The predicted molar refractivity (Wildman–Crippen MR) is 82.3 cm³/mol. The SMILES string of the molecule is C=C1CC(C)(C)C=C(c2cccc3ncccc23)C1=O. The molecule has 0 unspecified atom stereocenters. The molecular weight excluding hydrogens is 246 g/mol. The van der Waals surface area contributed by atoms with Crippen molar-refractivity contribution in [3.8, 4) is 0 Å². The first kappa shape index (κ1) is 12.8. The third kappa shape index (κ3) is 2.07. The van der Waals surface area contributed by atoms with Crippen molar-refractivity contribution < 1.29 is 4.79 Å². The van der Waals surface area contributed by atoms with E-state index in [0.29, 0.717) is 5.57 Å². The summed E-state index contributed by atoms with van der Waals surface area (Å²) in [6.07, 6.45) is 4.57. The van der Waals surface area contributed by atoms with Gasteiger partial charge in [0.05, 0.1) is 5.52 Å². The van der Waals surface area contributed by atoms with Crippen molar-refractivity contribution in [2.75, 3.05) is 0 Å². The minimum atomic E-state index is -0.0370. The standard InChI is InChI=1S/C18H17NO/c1-12-10-18(2,3)11-15(17(12)20)13-6-4-8-16-14(13)7-5-9-19-16/h4-9,11H,1,10H2,2-3H3. The number of Topliss-reactive ketones (excluding diaryl/α,β-unsaturated/α-hetero) is 1. The highest BCUT2D eigenvalue weighted by Crippen LogP contribution is 2.39. The molecule has 0 spiro atoms. The number of fused-ring (bicyclic) bond motifs is 1. The number of hydrogen-bond donors (Lipinski definition) is 0. The van der Waals surface area contributed by atoms with Crippen LogP contribution < -0.4 is 0 Å². The zero-order valence-corrected chi connectivity index (χ0v) is 11.8. The van der Waals surface area contributed by atoms with Crippen LogP contribution in [-0.4, -0.2) is 10.8 Å². The second-order valence-electron chi connectivity index (χ2n) is 6.03. The first-order chi connectivity index (χ1) is 9.48. The fourth-order valence-electron chi connectivity index (χ4n) is 2.87. The summed E-state index contributed by atoms with van der Waals surface area (Å²) in [6, 6.07) is 9.81. The van der Waals surface area contributed by atoms with Gasteiger partial charge in [0.2, 0.25) is 0 Å². The van der Waals surface area contributed by atoms with Crippen LogP contribution in [0.4, 0.5) is 0 Å². The number of ketones is 1. The van der Waals surface area contributed by atoms with Crippen LogP contribution in [-0.2, 0) is 4.79 Å². The summed E-state index contributed by atoms with van der Waals surface area (Å²) in [5.41, 5.74) is 3.27. The molecule has 0 N–H and O–H groups in total. The molecule has 2 nitrogen and oxygen atoms in total. The minimum Gasteiger partial charge on any atom is -0.289 e. The average Bonchev–Trinajstić information content (AvgIpc) is 2.42. The van der Waals surface area contributed by atoms with E-state index in [0.717, 1.165) is 28.5 Å². The number of allylic oxidation sites excluding steroid dienone is 3. The van der Waals surface area contributed by atoms with Crippen LogP contribution >= 0.6 is 0 Å². The van der Waals surface area contributed by atoms with Crippen molar-refractivity contribution in [3.05, 3.63) is 60.3 Å².